The van der Waals surface area contributed by atoms with E-state index >= 15 is 0 Å². The standard InChI is InChI=1S/C22H43NO2/c1-16(2)23(17(3)4)13-12-20(19-8-6-5-7-9-19)21-14-18(15-24)10-11-22(21)25/h16-22,24-25H,5-15H2,1-4H3/t18?,20-,21?,22?/m1/s1. The second-order valence-electron chi connectivity index (χ2n) is 9.37. The van der Waals surface area contributed by atoms with Gasteiger partial charge in [0.05, 0.1) is 6.10 Å². The van der Waals surface area contributed by atoms with E-state index in [2.05, 4.69) is 32.6 Å². The minimum atomic E-state index is -0.152. The van der Waals surface area contributed by atoms with E-state index in [1.807, 2.05) is 0 Å². The molecule has 2 aliphatic rings. The van der Waals surface area contributed by atoms with Crippen molar-refractivity contribution in [3.63, 3.8) is 0 Å². The van der Waals surface area contributed by atoms with Gasteiger partial charge in [0.25, 0.3) is 0 Å². The van der Waals surface area contributed by atoms with Gasteiger partial charge in [-0.3, -0.25) is 4.90 Å². The minimum Gasteiger partial charge on any atom is -0.396 e. The van der Waals surface area contributed by atoms with Crippen molar-refractivity contribution in [2.75, 3.05) is 13.2 Å². The highest BCUT2D eigenvalue weighted by Crippen LogP contribution is 2.43. The van der Waals surface area contributed by atoms with E-state index in [0.717, 1.165) is 31.7 Å². The molecule has 2 N–H and O–H groups in total. The van der Waals surface area contributed by atoms with Crippen LogP contribution in [0.3, 0.4) is 0 Å². The van der Waals surface area contributed by atoms with Crippen LogP contribution in [0.5, 0.6) is 0 Å². The first-order valence-corrected chi connectivity index (χ1v) is 11.0. The smallest absolute Gasteiger partial charge is 0.0571 e. The molecule has 3 nitrogen and oxygen atoms in total. The van der Waals surface area contributed by atoms with E-state index in [0.29, 0.717) is 36.4 Å². The molecule has 25 heavy (non-hydrogen) atoms. The van der Waals surface area contributed by atoms with Gasteiger partial charge in [0, 0.05) is 18.7 Å². The molecule has 0 aromatic heterocycles. The Hall–Kier alpha value is -0.120. The summed E-state index contributed by atoms with van der Waals surface area (Å²) in [5.41, 5.74) is 0. The second kappa shape index (κ2) is 10.3. The summed E-state index contributed by atoms with van der Waals surface area (Å²) in [4.78, 5) is 2.61. The maximum absolute atomic E-state index is 10.8. The molecule has 3 unspecified atom stereocenters. The molecule has 0 spiro atoms. The lowest BCUT2D eigenvalue weighted by molar-refractivity contribution is -0.0218. The largest absolute Gasteiger partial charge is 0.396 e. The summed E-state index contributed by atoms with van der Waals surface area (Å²) in [7, 11) is 0. The van der Waals surface area contributed by atoms with Crippen LogP contribution >= 0.6 is 0 Å². The fourth-order valence-corrected chi connectivity index (χ4v) is 5.68. The molecule has 0 radical (unpaired) electrons. The Morgan fingerprint density at radius 3 is 2.12 bits per heavy atom. The molecule has 2 fully saturated rings. The van der Waals surface area contributed by atoms with Gasteiger partial charge in [-0.25, -0.2) is 0 Å². The summed E-state index contributed by atoms with van der Waals surface area (Å²) in [6.45, 7) is 10.6. The van der Waals surface area contributed by atoms with Gasteiger partial charge in [0.1, 0.15) is 0 Å². The molecule has 4 atom stereocenters. The van der Waals surface area contributed by atoms with Gasteiger partial charge in [-0.05, 0) is 83.6 Å². The van der Waals surface area contributed by atoms with Crippen LogP contribution < -0.4 is 0 Å². The van der Waals surface area contributed by atoms with Gasteiger partial charge < -0.3 is 10.2 Å². The molecule has 0 bridgehead atoms. The topological polar surface area (TPSA) is 43.7 Å². The number of aliphatic hydroxyl groups excluding tert-OH is 2. The molecular formula is C22H43NO2. The third-order valence-corrected chi connectivity index (χ3v) is 7.08. The molecule has 0 aliphatic heterocycles. The van der Waals surface area contributed by atoms with E-state index in [1.54, 1.807) is 0 Å². The molecule has 0 heterocycles. The summed E-state index contributed by atoms with van der Waals surface area (Å²) in [5.74, 6) is 2.22. The third-order valence-electron chi connectivity index (χ3n) is 7.08. The predicted octanol–water partition coefficient (Wildman–Crippen LogP) is 4.46. The van der Waals surface area contributed by atoms with E-state index in [9.17, 15) is 10.2 Å². The number of aliphatic hydroxyl groups is 2. The van der Waals surface area contributed by atoms with Crippen molar-refractivity contribution in [1.29, 1.82) is 0 Å². The van der Waals surface area contributed by atoms with Crippen molar-refractivity contribution in [2.45, 2.75) is 104 Å². The first-order chi connectivity index (χ1) is 11.9. The van der Waals surface area contributed by atoms with Crippen molar-refractivity contribution >= 4 is 0 Å². The van der Waals surface area contributed by atoms with Crippen LogP contribution in [0.15, 0.2) is 0 Å². The third kappa shape index (κ3) is 5.94. The Morgan fingerprint density at radius 2 is 1.56 bits per heavy atom. The average Bonchev–Trinajstić information content (AvgIpc) is 2.59. The predicted molar refractivity (Wildman–Crippen MR) is 106 cm³/mol. The van der Waals surface area contributed by atoms with Crippen molar-refractivity contribution in [1.82, 2.24) is 4.90 Å². The maximum atomic E-state index is 10.8. The van der Waals surface area contributed by atoms with E-state index in [4.69, 9.17) is 0 Å². The zero-order valence-electron chi connectivity index (χ0n) is 17.2. The van der Waals surface area contributed by atoms with Crippen LogP contribution in [0, 0.1) is 23.7 Å². The Bertz CT molecular complexity index is 357. The van der Waals surface area contributed by atoms with Crippen molar-refractivity contribution in [3.05, 3.63) is 0 Å². The first kappa shape index (κ1) is 21.2. The number of rotatable bonds is 8. The zero-order valence-corrected chi connectivity index (χ0v) is 17.2. The van der Waals surface area contributed by atoms with Crippen molar-refractivity contribution in [3.8, 4) is 0 Å². The van der Waals surface area contributed by atoms with Gasteiger partial charge in [-0.2, -0.15) is 0 Å². The fourth-order valence-electron chi connectivity index (χ4n) is 5.68. The maximum Gasteiger partial charge on any atom is 0.0571 e. The summed E-state index contributed by atoms with van der Waals surface area (Å²) in [6.07, 6.45) is 10.8. The summed E-state index contributed by atoms with van der Waals surface area (Å²) in [5, 5.41) is 20.4. The normalized spacial score (nSPS) is 30.4. The quantitative estimate of drug-likeness (QED) is 0.677. The highest BCUT2D eigenvalue weighted by atomic mass is 16.3. The van der Waals surface area contributed by atoms with Crippen LogP contribution in [0.2, 0.25) is 0 Å². The monoisotopic (exact) mass is 353 g/mol. The molecular weight excluding hydrogens is 310 g/mol. The number of hydrogen-bond acceptors (Lipinski definition) is 3. The van der Waals surface area contributed by atoms with Crippen LogP contribution in [-0.2, 0) is 0 Å². The average molecular weight is 354 g/mol. The van der Waals surface area contributed by atoms with Crippen molar-refractivity contribution in [2.24, 2.45) is 23.7 Å². The van der Waals surface area contributed by atoms with E-state index in [-0.39, 0.29) is 6.10 Å². The van der Waals surface area contributed by atoms with Gasteiger partial charge in [-0.15, -0.1) is 0 Å². The summed E-state index contributed by atoms with van der Waals surface area (Å²) >= 11 is 0. The lowest BCUT2D eigenvalue weighted by Crippen LogP contribution is -2.43. The van der Waals surface area contributed by atoms with Crippen LogP contribution in [0.4, 0.5) is 0 Å². The van der Waals surface area contributed by atoms with E-state index in [1.165, 1.54) is 38.5 Å². The molecule has 0 aromatic rings. The van der Waals surface area contributed by atoms with Crippen LogP contribution in [0.25, 0.3) is 0 Å². The molecule has 0 saturated heterocycles. The van der Waals surface area contributed by atoms with Crippen molar-refractivity contribution < 1.29 is 10.2 Å². The van der Waals surface area contributed by atoms with E-state index < -0.39 is 0 Å². The Kier molecular flexibility index (Phi) is 8.71. The Balaban J connectivity index is 2.08. The number of hydrogen-bond donors (Lipinski definition) is 2. The molecule has 0 aromatic carbocycles. The molecule has 0 amide bonds. The Labute approximate surface area is 156 Å². The number of nitrogens with zero attached hydrogens (tertiary/aromatic N) is 1. The van der Waals surface area contributed by atoms with Gasteiger partial charge in [0.2, 0.25) is 0 Å². The highest BCUT2D eigenvalue weighted by Gasteiger charge is 2.38. The first-order valence-electron chi connectivity index (χ1n) is 11.0. The molecule has 2 aliphatic carbocycles. The van der Waals surface area contributed by atoms with Crippen LogP contribution in [-0.4, -0.2) is 46.5 Å². The Morgan fingerprint density at radius 1 is 0.920 bits per heavy atom. The van der Waals surface area contributed by atoms with Gasteiger partial charge in [0.15, 0.2) is 0 Å². The molecule has 3 heteroatoms. The lowest BCUT2D eigenvalue weighted by atomic mass is 9.65. The van der Waals surface area contributed by atoms with Gasteiger partial charge in [-0.1, -0.05) is 32.1 Å². The molecule has 2 rings (SSSR count). The van der Waals surface area contributed by atoms with Crippen LogP contribution in [0.1, 0.15) is 85.5 Å². The lowest BCUT2D eigenvalue weighted by Gasteiger charge is -2.43. The molecule has 2 saturated carbocycles. The fraction of sp³-hybridized carbons (Fsp3) is 1.00. The minimum absolute atomic E-state index is 0.152. The highest BCUT2D eigenvalue weighted by molar-refractivity contribution is 4.89. The zero-order chi connectivity index (χ0) is 18.4. The van der Waals surface area contributed by atoms with Gasteiger partial charge >= 0.3 is 0 Å². The molecule has 148 valence electrons. The summed E-state index contributed by atoms with van der Waals surface area (Å²) < 4.78 is 0. The summed E-state index contributed by atoms with van der Waals surface area (Å²) in [6, 6.07) is 1.15. The second-order valence-corrected chi connectivity index (χ2v) is 9.37. The SMILES string of the molecule is CC(C)N(CC[C@H](C1CCCCC1)C1CC(CO)CCC1O)C(C)C.